The largest absolute Gasteiger partial charge is 0.493 e. The second-order valence-corrected chi connectivity index (χ2v) is 3.20. The van der Waals surface area contributed by atoms with E-state index in [0.29, 0.717) is 5.92 Å². The van der Waals surface area contributed by atoms with E-state index in [1.807, 2.05) is 0 Å². The lowest BCUT2D eigenvalue weighted by molar-refractivity contribution is 0.435. The van der Waals surface area contributed by atoms with Crippen LogP contribution in [0.1, 0.15) is 24.6 Å². The second-order valence-electron chi connectivity index (χ2n) is 3.20. The van der Waals surface area contributed by atoms with Gasteiger partial charge in [-0.15, -0.1) is 0 Å². The van der Waals surface area contributed by atoms with E-state index >= 15 is 0 Å². The molecule has 1 unspecified atom stereocenters. The monoisotopic (exact) mass is 167 g/mol. The van der Waals surface area contributed by atoms with Gasteiger partial charge in [0.1, 0.15) is 5.82 Å². The number of nitrogens with zero attached hydrogens (tertiary/aromatic N) is 1. The first-order valence-electron chi connectivity index (χ1n) is 4.31. The Balaban J connectivity index is 2.08. The standard InChI is InChI=1S/C8H13N3O/c12-7-5-10-8(11-7)6-2-1-3-9-4-6/h5-6,9,12H,1-4H2,(H,10,11). The molecule has 1 aliphatic rings. The third kappa shape index (κ3) is 1.43. The van der Waals surface area contributed by atoms with Crippen LogP contribution in [0.5, 0.6) is 5.88 Å². The summed E-state index contributed by atoms with van der Waals surface area (Å²) in [4.78, 5) is 6.94. The van der Waals surface area contributed by atoms with Crippen molar-refractivity contribution in [1.29, 1.82) is 0 Å². The van der Waals surface area contributed by atoms with Gasteiger partial charge in [-0.1, -0.05) is 0 Å². The zero-order valence-electron chi connectivity index (χ0n) is 6.88. The number of hydrogen-bond donors (Lipinski definition) is 3. The molecule has 1 saturated heterocycles. The maximum atomic E-state index is 9.05. The molecule has 2 heterocycles. The third-order valence-electron chi connectivity index (χ3n) is 2.27. The summed E-state index contributed by atoms with van der Waals surface area (Å²) < 4.78 is 0. The van der Waals surface area contributed by atoms with Crippen molar-refractivity contribution in [2.45, 2.75) is 18.8 Å². The molecule has 0 spiro atoms. The minimum absolute atomic E-state index is 0.163. The van der Waals surface area contributed by atoms with Gasteiger partial charge in [0.15, 0.2) is 0 Å². The van der Waals surface area contributed by atoms with Gasteiger partial charge in [-0.25, -0.2) is 4.98 Å². The van der Waals surface area contributed by atoms with Crippen molar-refractivity contribution < 1.29 is 5.11 Å². The number of nitrogens with one attached hydrogen (secondary N) is 2. The van der Waals surface area contributed by atoms with Gasteiger partial charge < -0.3 is 15.4 Å². The number of aromatic hydroxyl groups is 1. The molecule has 66 valence electrons. The molecule has 1 atom stereocenters. The van der Waals surface area contributed by atoms with Gasteiger partial charge in [-0.3, -0.25) is 0 Å². The molecule has 0 amide bonds. The minimum atomic E-state index is 0.163. The van der Waals surface area contributed by atoms with Crippen LogP contribution >= 0.6 is 0 Å². The fourth-order valence-electron chi connectivity index (χ4n) is 1.62. The van der Waals surface area contributed by atoms with E-state index in [1.165, 1.54) is 12.6 Å². The highest BCUT2D eigenvalue weighted by molar-refractivity contribution is 5.09. The van der Waals surface area contributed by atoms with E-state index < -0.39 is 0 Å². The Bertz CT molecular complexity index is 253. The predicted molar refractivity (Wildman–Crippen MR) is 45.1 cm³/mol. The topological polar surface area (TPSA) is 60.9 Å². The fourth-order valence-corrected chi connectivity index (χ4v) is 1.62. The number of hydrogen-bond acceptors (Lipinski definition) is 3. The number of aromatic amines is 1. The number of H-pyrrole nitrogens is 1. The van der Waals surface area contributed by atoms with Gasteiger partial charge in [0.25, 0.3) is 0 Å². The molecular formula is C8H13N3O. The summed E-state index contributed by atoms with van der Waals surface area (Å²) in [6.07, 6.45) is 3.80. The first-order valence-corrected chi connectivity index (χ1v) is 4.31. The summed E-state index contributed by atoms with van der Waals surface area (Å²) in [6.45, 7) is 2.07. The van der Waals surface area contributed by atoms with E-state index in [2.05, 4.69) is 15.3 Å². The van der Waals surface area contributed by atoms with Gasteiger partial charge >= 0.3 is 0 Å². The lowest BCUT2D eigenvalue weighted by atomic mass is 9.99. The predicted octanol–water partition coefficient (Wildman–Crippen LogP) is 0.582. The molecule has 3 N–H and O–H groups in total. The Morgan fingerprint density at radius 3 is 3.08 bits per heavy atom. The lowest BCUT2D eigenvalue weighted by Crippen LogP contribution is -2.28. The molecule has 0 saturated carbocycles. The van der Waals surface area contributed by atoms with Gasteiger partial charge in [-0.05, 0) is 19.4 Å². The molecule has 1 aromatic heterocycles. The quantitative estimate of drug-likeness (QED) is 0.573. The van der Waals surface area contributed by atoms with E-state index in [4.69, 9.17) is 5.11 Å². The second kappa shape index (κ2) is 3.15. The zero-order valence-corrected chi connectivity index (χ0v) is 6.88. The molecule has 0 radical (unpaired) electrons. The smallest absolute Gasteiger partial charge is 0.208 e. The average molecular weight is 167 g/mol. The van der Waals surface area contributed by atoms with Gasteiger partial charge in [0.05, 0.1) is 6.20 Å². The fraction of sp³-hybridized carbons (Fsp3) is 0.625. The summed E-state index contributed by atoms with van der Waals surface area (Å²) in [7, 11) is 0. The van der Waals surface area contributed by atoms with E-state index in [-0.39, 0.29) is 5.88 Å². The average Bonchev–Trinajstić information content (AvgIpc) is 2.54. The van der Waals surface area contributed by atoms with E-state index in [9.17, 15) is 0 Å². The van der Waals surface area contributed by atoms with E-state index in [1.54, 1.807) is 0 Å². The van der Waals surface area contributed by atoms with Crippen molar-refractivity contribution >= 4 is 0 Å². The molecule has 1 aromatic rings. The normalized spacial score (nSPS) is 24.2. The molecule has 1 aliphatic heterocycles. The molecule has 12 heavy (non-hydrogen) atoms. The van der Waals surface area contributed by atoms with Crippen molar-refractivity contribution in [2.75, 3.05) is 13.1 Å². The van der Waals surface area contributed by atoms with Crippen LogP contribution in [0, 0.1) is 0 Å². The molecule has 0 aromatic carbocycles. The van der Waals surface area contributed by atoms with Crippen LogP contribution < -0.4 is 5.32 Å². The van der Waals surface area contributed by atoms with Gasteiger partial charge in [-0.2, -0.15) is 0 Å². The van der Waals surface area contributed by atoms with Crippen molar-refractivity contribution in [2.24, 2.45) is 0 Å². The zero-order chi connectivity index (χ0) is 8.39. The summed E-state index contributed by atoms with van der Waals surface area (Å²) in [6, 6.07) is 0. The van der Waals surface area contributed by atoms with Crippen molar-refractivity contribution in [3.63, 3.8) is 0 Å². The number of imidazole rings is 1. The number of rotatable bonds is 1. The first-order chi connectivity index (χ1) is 5.86. The van der Waals surface area contributed by atoms with Crippen LogP contribution in [0.15, 0.2) is 6.20 Å². The summed E-state index contributed by atoms with van der Waals surface area (Å²) >= 11 is 0. The lowest BCUT2D eigenvalue weighted by Gasteiger charge is -2.20. The minimum Gasteiger partial charge on any atom is -0.493 e. The SMILES string of the molecule is Oc1cnc(C2CCCNC2)[nH]1. The number of aromatic nitrogens is 2. The molecule has 0 aliphatic carbocycles. The van der Waals surface area contributed by atoms with Crippen LogP contribution in [0.3, 0.4) is 0 Å². The molecule has 0 bridgehead atoms. The number of piperidine rings is 1. The first kappa shape index (κ1) is 7.61. The van der Waals surface area contributed by atoms with Crippen LogP contribution in [-0.2, 0) is 0 Å². The highest BCUT2D eigenvalue weighted by Crippen LogP contribution is 2.21. The Labute approximate surface area is 71.0 Å². The van der Waals surface area contributed by atoms with Crippen LogP contribution in [0.2, 0.25) is 0 Å². The summed E-state index contributed by atoms with van der Waals surface area (Å²) in [5.41, 5.74) is 0. The maximum absolute atomic E-state index is 9.05. The van der Waals surface area contributed by atoms with Gasteiger partial charge in [0.2, 0.25) is 5.88 Å². The third-order valence-corrected chi connectivity index (χ3v) is 2.27. The van der Waals surface area contributed by atoms with Crippen LogP contribution in [0.4, 0.5) is 0 Å². The maximum Gasteiger partial charge on any atom is 0.208 e. The Kier molecular flexibility index (Phi) is 1.99. The highest BCUT2D eigenvalue weighted by atomic mass is 16.3. The van der Waals surface area contributed by atoms with E-state index in [0.717, 1.165) is 25.3 Å². The van der Waals surface area contributed by atoms with Crippen molar-refractivity contribution in [3.05, 3.63) is 12.0 Å². The molecule has 4 heteroatoms. The summed E-state index contributed by atoms with van der Waals surface area (Å²) in [5, 5.41) is 12.3. The van der Waals surface area contributed by atoms with Crippen LogP contribution in [-0.4, -0.2) is 28.2 Å². The Morgan fingerprint density at radius 2 is 2.50 bits per heavy atom. The van der Waals surface area contributed by atoms with Crippen LogP contribution in [0.25, 0.3) is 0 Å². The molecule has 2 rings (SSSR count). The molecule has 4 nitrogen and oxygen atoms in total. The molecule has 1 fully saturated rings. The summed E-state index contributed by atoms with van der Waals surface area (Å²) in [5.74, 6) is 1.51. The van der Waals surface area contributed by atoms with Gasteiger partial charge in [0, 0.05) is 12.5 Å². The highest BCUT2D eigenvalue weighted by Gasteiger charge is 2.17. The Hall–Kier alpha value is -1.03. The van der Waals surface area contributed by atoms with Crippen molar-refractivity contribution in [3.8, 4) is 5.88 Å². The van der Waals surface area contributed by atoms with Crippen molar-refractivity contribution in [1.82, 2.24) is 15.3 Å². The Morgan fingerprint density at radius 1 is 1.58 bits per heavy atom. The molecular weight excluding hydrogens is 154 g/mol.